The minimum Gasteiger partial charge on any atom is -0.389 e. The molecule has 0 aliphatic rings. The van der Waals surface area contributed by atoms with Gasteiger partial charge in [0, 0.05) is 11.6 Å². The van der Waals surface area contributed by atoms with Crippen LogP contribution in [0.2, 0.25) is 0 Å². The zero-order chi connectivity index (χ0) is 12.7. The lowest BCUT2D eigenvalue weighted by Gasteiger charge is -2.09. The summed E-state index contributed by atoms with van der Waals surface area (Å²) in [6.45, 7) is 1.64. The monoisotopic (exact) mass is 240 g/mol. The van der Waals surface area contributed by atoms with Crippen molar-refractivity contribution in [1.29, 1.82) is 0 Å². The molecule has 0 saturated carbocycles. The van der Waals surface area contributed by atoms with Gasteiger partial charge in [-0.15, -0.1) is 0 Å². The van der Waals surface area contributed by atoms with E-state index in [0.717, 1.165) is 10.9 Å². The number of para-hydroxylation sites is 1. The minimum atomic E-state index is -0.697. The Labute approximate surface area is 103 Å². The largest absolute Gasteiger partial charge is 0.389 e. The Bertz CT molecular complexity index is 791. The molecule has 2 N–H and O–H groups in total. The van der Waals surface area contributed by atoms with Crippen LogP contribution in [-0.2, 0) is 0 Å². The summed E-state index contributed by atoms with van der Waals surface area (Å²) in [5, 5.41) is 11.1. The second-order valence-corrected chi connectivity index (χ2v) is 4.30. The third-order valence-corrected chi connectivity index (χ3v) is 3.09. The normalized spacial score (nSPS) is 13.0. The van der Waals surface area contributed by atoms with Crippen LogP contribution in [0.3, 0.4) is 0 Å². The topological polar surface area (TPSA) is 66.0 Å². The average molecular weight is 240 g/mol. The molecule has 3 rings (SSSR count). The number of nitrogens with one attached hydrogen (secondary N) is 1. The number of aliphatic hydroxyl groups excluding tert-OH is 1. The van der Waals surface area contributed by atoms with Crippen molar-refractivity contribution in [1.82, 2.24) is 9.97 Å². The number of hydrogen-bond acceptors (Lipinski definition) is 3. The van der Waals surface area contributed by atoms with Crippen LogP contribution in [0.1, 0.15) is 18.6 Å². The number of aromatic nitrogens is 2. The van der Waals surface area contributed by atoms with E-state index in [4.69, 9.17) is 0 Å². The first kappa shape index (κ1) is 10.9. The van der Waals surface area contributed by atoms with E-state index in [2.05, 4.69) is 9.97 Å². The second kappa shape index (κ2) is 3.92. The molecule has 0 amide bonds. The van der Waals surface area contributed by atoms with Crippen molar-refractivity contribution < 1.29 is 5.11 Å². The summed E-state index contributed by atoms with van der Waals surface area (Å²) in [6.07, 6.45) is 0.925. The number of nitrogens with zero attached hydrogens (tertiary/aromatic N) is 1. The van der Waals surface area contributed by atoms with Crippen LogP contribution in [0.5, 0.6) is 0 Å². The maximum Gasteiger partial charge on any atom is 0.258 e. The molecule has 0 bridgehead atoms. The highest BCUT2D eigenvalue weighted by Crippen LogP contribution is 2.24. The number of rotatable bonds is 1. The molecule has 1 atom stereocenters. The number of H-pyrrole nitrogens is 1. The van der Waals surface area contributed by atoms with E-state index in [9.17, 15) is 9.90 Å². The van der Waals surface area contributed by atoms with Crippen LogP contribution in [0.4, 0.5) is 0 Å². The summed E-state index contributed by atoms with van der Waals surface area (Å²) < 4.78 is 0. The number of pyridine rings is 2. The summed E-state index contributed by atoms with van der Waals surface area (Å²) in [6, 6.07) is 9.19. The van der Waals surface area contributed by atoms with Crippen molar-refractivity contribution in [2.75, 3.05) is 0 Å². The number of aromatic amines is 1. The highest BCUT2D eigenvalue weighted by molar-refractivity contribution is 6.03. The third kappa shape index (κ3) is 1.50. The van der Waals surface area contributed by atoms with Gasteiger partial charge in [0.25, 0.3) is 5.56 Å². The van der Waals surface area contributed by atoms with Gasteiger partial charge in [-0.05, 0) is 24.6 Å². The van der Waals surface area contributed by atoms with Crippen LogP contribution < -0.4 is 5.56 Å². The summed E-state index contributed by atoms with van der Waals surface area (Å²) in [5.41, 5.74) is 1.78. The van der Waals surface area contributed by atoms with E-state index in [1.54, 1.807) is 19.2 Å². The lowest BCUT2D eigenvalue weighted by molar-refractivity contribution is 0.201. The van der Waals surface area contributed by atoms with Gasteiger partial charge in [0.1, 0.15) is 0 Å². The van der Waals surface area contributed by atoms with E-state index in [-0.39, 0.29) is 5.56 Å². The molecule has 2 heterocycles. The Kier molecular flexibility index (Phi) is 2.38. The van der Waals surface area contributed by atoms with Gasteiger partial charge in [-0.2, -0.15) is 0 Å². The third-order valence-electron chi connectivity index (χ3n) is 3.09. The van der Waals surface area contributed by atoms with Gasteiger partial charge in [0.05, 0.1) is 22.5 Å². The molecule has 1 unspecified atom stereocenters. The van der Waals surface area contributed by atoms with Crippen molar-refractivity contribution in [2.45, 2.75) is 13.0 Å². The fourth-order valence-corrected chi connectivity index (χ4v) is 2.25. The Morgan fingerprint density at radius 1 is 1.28 bits per heavy atom. The first-order chi connectivity index (χ1) is 8.68. The Balaban J connectivity index is 2.60. The predicted octanol–water partition coefficient (Wildman–Crippen LogP) is 2.13. The molecule has 0 spiro atoms. The summed E-state index contributed by atoms with van der Waals surface area (Å²) in [7, 11) is 0. The van der Waals surface area contributed by atoms with Crippen molar-refractivity contribution in [2.24, 2.45) is 0 Å². The lowest BCUT2D eigenvalue weighted by Crippen LogP contribution is -2.11. The molecule has 0 aliphatic carbocycles. The molecule has 0 aliphatic heterocycles. The number of aliphatic hydroxyl groups is 1. The van der Waals surface area contributed by atoms with E-state index in [1.807, 2.05) is 24.3 Å². The quantitative estimate of drug-likeness (QED) is 0.640. The van der Waals surface area contributed by atoms with E-state index in [0.29, 0.717) is 16.5 Å². The molecule has 0 saturated heterocycles. The van der Waals surface area contributed by atoms with Crippen molar-refractivity contribution in [3.63, 3.8) is 0 Å². The minimum absolute atomic E-state index is 0.215. The van der Waals surface area contributed by atoms with Crippen molar-refractivity contribution in [3.8, 4) is 0 Å². The molecule has 90 valence electrons. The van der Waals surface area contributed by atoms with Gasteiger partial charge in [-0.1, -0.05) is 18.2 Å². The van der Waals surface area contributed by atoms with Crippen LogP contribution in [0.25, 0.3) is 21.8 Å². The van der Waals surface area contributed by atoms with Gasteiger partial charge < -0.3 is 10.1 Å². The Morgan fingerprint density at radius 2 is 2.06 bits per heavy atom. The van der Waals surface area contributed by atoms with Gasteiger partial charge in [0.2, 0.25) is 0 Å². The van der Waals surface area contributed by atoms with Crippen LogP contribution in [0, 0.1) is 0 Å². The second-order valence-electron chi connectivity index (χ2n) is 4.30. The molecule has 18 heavy (non-hydrogen) atoms. The van der Waals surface area contributed by atoms with E-state index >= 15 is 0 Å². The van der Waals surface area contributed by atoms with Gasteiger partial charge >= 0.3 is 0 Å². The number of benzene rings is 1. The lowest BCUT2D eigenvalue weighted by atomic mass is 10.0. The first-order valence-electron chi connectivity index (χ1n) is 5.76. The number of hydrogen-bond donors (Lipinski definition) is 2. The van der Waals surface area contributed by atoms with Crippen molar-refractivity contribution >= 4 is 21.8 Å². The van der Waals surface area contributed by atoms with Crippen LogP contribution in [-0.4, -0.2) is 15.1 Å². The smallest absolute Gasteiger partial charge is 0.258 e. The predicted molar refractivity (Wildman–Crippen MR) is 70.5 cm³/mol. The molecule has 3 aromatic rings. The zero-order valence-electron chi connectivity index (χ0n) is 9.84. The SMILES string of the molecule is CC(O)c1ccnc2c1c(=O)[nH]c1ccccc12. The van der Waals surface area contributed by atoms with Crippen LogP contribution in [0.15, 0.2) is 41.3 Å². The van der Waals surface area contributed by atoms with Gasteiger partial charge in [-0.25, -0.2) is 0 Å². The highest BCUT2D eigenvalue weighted by Gasteiger charge is 2.12. The molecule has 1 aromatic carbocycles. The van der Waals surface area contributed by atoms with Gasteiger partial charge in [0.15, 0.2) is 0 Å². The standard InChI is InChI=1S/C14H12N2O2/c1-8(17)9-6-7-15-13-10-4-2-3-5-11(10)16-14(18)12(9)13/h2-8,17H,1H3,(H,16,18). The average Bonchev–Trinajstić information content (AvgIpc) is 2.38. The molecular weight excluding hydrogens is 228 g/mol. The zero-order valence-corrected chi connectivity index (χ0v) is 9.84. The summed E-state index contributed by atoms with van der Waals surface area (Å²) in [5.74, 6) is 0. The summed E-state index contributed by atoms with van der Waals surface area (Å²) >= 11 is 0. The Hall–Kier alpha value is -2.20. The fourth-order valence-electron chi connectivity index (χ4n) is 2.25. The molecule has 2 aromatic heterocycles. The Morgan fingerprint density at radius 3 is 2.83 bits per heavy atom. The summed E-state index contributed by atoms with van der Waals surface area (Å²) in [4.78, 5) is 19.2. The maximum absolute atomic E-state index is 12.1. The van der Waals surface area contributed by atoms with E-state index < -0.39 is 6.10 Å². The first-order valence-corrected chi connectivity index (χ1v) is 5.76. The van der Waals surface area contributed by atoms with E-state index in [1.165, 1.54) is 0 Å². The molecule has 0 fully saturated rings. The van der Waals surface area contributed by atoms with Gasteiger partial charge in [-0.3, -0.25) is 9.78 Å². The number of fused-ring (bicyclic) bond motifs is 3. The molecular formula is C14H12N2O2. The maximum atomic E-state index is 12.1. The van der Waals surface area contributed by atoms with Crippen molar-refractivity contribution in [3.05, 3.63) is 52.4 Å². The molecule has 0 radical (unpaired) electrons. The highest BCUT2D eigenvalue weighted by atomic mass is 16.3. The molecule has 4 nitrogen and oxygen atoms in total. The molecule has 4 heteroatoms. The fraction of sp³-hybridized carbons (Fsp3) is 0.143. The van der Waals surface area contributed by atoms with Crippen LogP contribution >= 0.6 is 0 Å².